The van der Waals surface area contributed by atoms with E-state index < -0.39 is 0 Å². The third-order valence-electron chi connectivity index (χ3n) is 5.72. The molecule has 33 heavy (non-hydrogen) atoms. The van der Waals surface area contributed by atoms with Gasteiger partial charge in [0.1, 0.15) is 0 Å². The fourth-order valence-corrected chi connectivity index (χ4v) is 4.47. The van der Waals surface area contributed by atoms with Crippen molar-refractivity contribution in [1.82, 2.24) is 9.97 Å². The standard InChI is InChI=1S/C27H21Cl2N3O/c28-20-10-6-13-23(26(20)29)31-25(33)14-5-9-19-18-8-2-4-12-22(18)32-27(19)24-16-15-17-7-1-3-11-21(17)30-24/h1-4,6-8,10-13,15-16,32H,5,9,14H2,(H,31,33). The first-order chi connectivity index (χ1) is 16.1. The molecule has 5 rings (SSSR count). The summed E-state index contributed by atoms with van der Waals surface area (Å²) in [6, 6.07) is 25.7. The van der Waals surface area contributed by atoms with Gasteiger partial charge in [-0.15, -0.1) is 0 Å². The lowest BCUT2D eigenvalue weighted by molar-refractivity contribution is -0.116. The normalized spacial score (nSPS) is 11.2. The number of nitrogens with zero attached hydrogens (tertiary/aromatic N) is 1. The number of pyridine rings is 1. The average Bonchev–Trinajstić information content (AvgIpc) is 3.20. The number of benzene rings is 3. The molecular formula is C27H21Cl2N3O. The summed E-state index contributed by atoms with van der Waals surface area (Å²) < 4.78 is 0. The maximum atomic E-state index is 12.5. The Kier molecular flexibility index (Phi) is 6.03. The number of aryl methyl sites for hydroxylation is 1. The first-order valence-corrected chi connectivity index (χ1v) is 11.6. The largest absolute Gasteiger partial charge is 0.353 e. The molecule has 164 valence electrons. The van der Waals surface area contributed by atoms with E-state index >= 15 is 0 Å². The summed E-state index contributed by atoms with van der Waals surface area (Å²) in [5.41, 5.74) is 5.62. The molecule has 1 amide bonds. The van der Waals surface area contributed by atoms with Crippen molar-refractivity contribution in [1.29, 1.82) is 0 Å². The zero-order valence-electron chi connectivity index (χ0n) is 17.7. The van der Waals surface area contributed by atoms with Gasteiger partial charge < -0.3 is 10.3 Å². The fourth-order valence-electron chi connectivity index (χ4n) is 4.12. The third-order valence-corrected chi connectivity index (χ3v) is 6.54. The Morgan fingerprint density at radius 2 is 1.73 bits per heavy atom. The van der Waals surface area contributed by atoms with Crippen LogP contribution >= 0.6 is 23.2 Å². The second-order valence-electron chi connectivity index (χ2n) is 7.92. The van der Waals surface area contributed by atoms with Gasteiger partial charge in [0.05, 0.1) is 32.6 Å². The summed E-state index contributed by atoms with van der Waals surface area (Å²) >= 11 is 12.2. The second-order valence-corrected chi connectivity index (χ2v) is 8.70. The van der Waals surface area contributed by atoms with Crippen molar-refractivity contribution in [2.45, 2.75) is 19.3 Å². The minimum absolute atomic E-state index is 0.0932. The number of H-pyrrole nitrogens is 1. The second kappa shape index (κ2) is 9.26. The van der Waals surface area contributed by atoms with Gasteiger partial charge in [0.2, 0.25) is 5.91 Å². The molecule has 5 aromatic rings. The smallest absolute Gasteiger partial charge is 0.224 e. The minimum Gasteiger partial charge on any atom is -0.353 e. The van der Waals surface area contributed by atoms with Gasteiger partial charge in [0, 0.05) is 22.7 Å². The van der Waals surface area contributed by atoms with Crippen LogP contribution < -0.4 is 5.32 Å². The maximum absolute atomic E-state index is 12.5. The Morgan fingerprint density at radius 3 is 2.64 bits per heavy atom. The molecule has 0 aliphatic carbocycles. The quantitative estimate of drug-likeness (QED) is 0.266. The number of carbonyl (C=O) groups is 1. The predicted molar refractivity (Wildman–Crippen MR) is 137 cm³/mol. The highest BCUT2D eigenvalue weighted by Gasteiger charge is 2.15. The lowest BCUT2D eigenvalue weighted by atomic mass is 10.0. The molecule has 2 N–H and O–H groups in total. The Hall–Kier alpha value is -3.34. The van der Waals surface area contributed by atoms with Gasteiger partial charge in [-0.3, -0.25) is 4.79 Å². The summed E-state index contributed by atoms with van der Waals surface area (Å²) in [5.74, 6) is -0.0932. The number of anilines is 1. The number of para-hydroxylation sites is 2. The molecule has 3 aromatic carbocycles. The van der Waals surface area contributed by atoms with Gasteiger partial charge in [-0.05, 0) is 48.7 Å². The molecule has 0 saturated heterocycles. The molecule has 0 radical (unpaired) electrons. The number of fused-ring (bicyclic) bond motifs is 2. The summed E-state index contributed by atoms with van der Waals surface area (Å²) in [6.45, 7) is 0. The highest BCUT2D eigenvalue weighted by molar-refractivity contribution is 6.44. The zero-order chi connectivity index (χ0) is 22.8. The number of aromatic amines is 1. The number of amides is 1. The van der Waals surface area contributed by atoms with Crippen LogP contribution in [0.1, 0.15) is 18.4 Å². The van der Waals surface area contributed by atoms with Gasteiger partial charge in [-0.1, -0.05) is 71.7 Å². The molecule has 0 atom stereocenters. The van der Waals surface area contributed by atoms with Crippen LogP contribution in [0, 0.1) is 0 Å². The van der Waals surface area contributed by atoms with E-state index in [2.05, 4.69) is 34.6 Å². The van der Waals surface area contributed by atoms with Crippen molar-refractivity contribution in [2.24, 2.45) is 0 Å². The molecule has 2 heterocycles. The highest BCUT2D eigenvalue weighted by Crippen LogP contribution is 2.32. The van der Waals surface area contributed by atoms with E-state index in [1.807, 2.05) is 36.4 Å². The van der Waals surface area contributed by atoms with E-state index in [-0.39, 0.29) is 5.91 Å². The number of hydrogen-bond acceptors (Lipinski definition) is 2. The van der Waals surface area contributed by atoms with E-state index in [1.165, 1.54) is 5.56 Å². The lowest BCUT2D eigenvalue weighted by Gasteiger charge is -2.09. The molecule has 0 aliphatic rings. The molecule has 0 unspecified atom stereocenters. The molecule has 0 saturated carbocycles. The van der Waals surface area contributed by atoms with E-state index in [0.717, 1.165) is 39.6 Å². The van der Waals surface area contributed by atoms with E-state index in [0.29, 0.717) is 28.6 Å². The number of halogens is 2. The molecule has 2 aromatic heterocycles. The van der Waals surface area contributed by atoms with Crippen molar-refractivity contribution >= 4 is 56.6 Å². The van der Waals surface area contributed by atoms with Crippen LogP contribution in [0.3, 0.4) is 0 Å². The first kappa shape index (κ1) is 21.5. The number of hydrogen-bond donors (Lipinski definition) is 2. The highest BCUT2D eigenvalue weighted by atomic mass is 35.5. The van der Waals surface area contributed by atoms with E-state index in [9.17, 15) is 4.79 Å². The summed E-state index contributed by atoms with van der Waals surface area (Å²) in [6.07, 6.45) is 1.80. The topological polar surface area (TPSA) is 57.8 Å². The van der Waals surface area contributed by atoms with Gasteiger partial charge in [0.15, 0.2) is 0 Å². The van der Waals surface area contributed by atoms with Gasteiger partial charge >= 0.3 is 0 Å². The molecule has 4 nitrogen and oxygen atoms in total. The van der Waals surface area contributed by atoms with E-state index in [4.69, 9.17) is 28.2 Å². The molecular weight excluding hydrogens is 453 g/mol. The minimum atomic E-state index is -0.0932. The first-order valence-electron chi connectivity index (χ1n) is 10.8. The van der Waals surface area contributed by atoms with Gasteiger partial charge in [0.25, 0.3) is 0 Å². The predicted octanol–water partition coefficient (Wildman–Crippen LogP) is 7.65. The van der Waals surface area contributed by atoms with Crippen LogP contribution in [0.25, 0.3) is 33.2 Å². The SMILES string of the molecule is O=C(CCCc1c(-c2ccc3ccccc3n2)[nH]c2ccccc12)Nc1cccc(Cl)c1Cl. The Labute approximate surface area is 201 Å². The van der Waals surface area contributed by atoms with Crippen molar-refractivity contribution in [3.05, 3.63) is 94.5 Å². The van der Waals surface area contributed by atoms with Crippen molar-refractivity contribution in [3.63, 3.8) is 0 Å². The van der Waals surface area contributed by atoms with Gasteiger partial charge in [-0.2, -0.15) is 0 Å². The molecule has 6 heteroatoms. The fraction of sp³-hybridized carbons (Fsp3) is 0.111. The van der Waals surface area contributed by atoms with Crippen molar-refractivity contribution < 1.29 is 4.79 Å². The number of carbonyl (C=O) groups excluding carboxylic acids is 1. The van der Waals surface area contributed by atoms with Crippen LogP contribution in [-0.4, -0.2) is 15.9 Å². The summed E-state index contributed by atoms with van der Waals surface area (Å²) in [7, 11) is 0. The number of nitrogens with one attached hydrogen (secondary N) is 2. The Balaban J connectivity index is 1.38. The van der Waals surface area contributed by atoms with Crippen LogP contribution in [0.4, 0.5) is 5.69 Å². The lowest BCUT2D eigenvalue weighted by Crippen LogP contribution is -2.12. The molecule has 0 spiro atoms. The number of aromatic nitrogens is 2. The van der Waals surface area contributed by atoms with Crippen LogP contribution in [0.5, 0.6) is 0 Å². The average molecular weight is 474 g/mol. The third kappa shape index (κ3) is 4.45. The van der Waals surface area contributed by atoms with Crippen molar-refractivity contribution in [2.75, 3.05) is 5.32 Å². The Morgan fingerprint density at radius 1 is 0.909 bits per heavy atom. The van der Waals surface area contributed by atoms with E-state index in [1.54, 1.807) is 18.2 Å². The summed E-state index contributed by atoms with van der Waals surface area (Å²) in [4.78, 5) is 21.0. The van der Waals surface area contributed by atoms with Crippen molar-refractivity contribution in [3.8, 4) is 11.4 Å². The Bertz CT molecular complexity index is 1480. The van der Waals surface area contributed by atoms with Gasteiger partial charge in [-0.25, -0.2) is 4.98 Å². The van der Waals surface area contributed by atoms with Crippen LogP contribution in [0.2, 0.25) is 10.0 Å². The zero-order valence-corrected chi connectivity index (χ0v) is 19.3. The maximum Gasteiger partial charge on any atom is 0.224 e. The molecule has 0 fully saturated rings. The molecule has 0 aliphatic heterocycles. The summed E-state index contributed by atoms with van der Waals surface area (Å²) in [5, 5.41) is 5.89. The molecule has 0 bridgehead atoms. The number of rotatable bonds is 6. The van der Waals surface area contributed by atoms with Crippen LogP contribution in [0.15, 0.2) is 78.9 Å². The monoisotopic (exact) mass is 473 g/mol. The van der Waals surface area contributed by atoms with Crippen LogP contribution in [-0.2, 0) is 11.2 Å².